The van der Waals surface area contributed by atoms with Crippen molar-refractivity contribution >= 4 is 39.8 Å². The summed E-state index contributed by atoms with van der Waals surface area (Å²) in [6.45, 7) is 0. The fourth-order valence-electron chi connectivity index (χ4n) is 2.32. The second-order valence-electron chi connectivity index (χ2n) is 5.61. The number of amides is 1. The minimum atomic E-state index is -0.487. The highest BCUT2D eigenvalue weighted by Crippen LogP contribution is 2.22. The van der Waals surface area contributed by atoms with Crippen molar-refractivity contribution in [2.75, 3.05) is 0 Å². The van der Waals surface area contributed by atoms with Gasteiger partial charge in [-0.2, -0.15) is 10.2 Å². The number of H-pyrrole nitrogens is 1. The maximum atomic E-state index is 12.2. The van der Waals surface area contributed by atoms with E-state index in [2.05, 4.69) is 36.7 Å². The molecule has 1 aromatic heterocycles. The van der Waals surface area contributed by atoms with Crippen molar-refractivity contribution in [3.63, 3.8) is 0 Å². The molecule has 0 aliphatic heterocycles. The Bertz CT molecular complexity index is 1060. The SMILES string of the molecule is O=C(N/N=C\C(Br)=C\c1ccccc1)c1cc(-c2cccc([N+](=O)[O-])c2)n[nH]1. The molecule has 0 fully saturated rings. The van der Waals surface area contributed by atoms with E-state index < -0.39 is 10.8 Å². The first-order valence-corrected chi connectivity index (χ1v) is 8.88. The lowest BCUT2D eigenvalue weighted by Gasteiger charge is -1.96. The number of hydrazone groups is 1. The molecule has 1 amide bonds. The van der Waals surface area contributed by atoms with Crippen molar-refractivity contribution in [3.05, 3.63) is 86.5 Å². The van der Waals surface area contributed by atoms with E-state index in [0.717, 1.165) is 5.56 Å². The zero-order chi connectivity index (χ0) is 19.9. The third kappa shape index (κ3) is 4.98. The number of hydrogen-bond donors (Lipinski definition) is 2. The molecule has 0 aliphatic carbocycles. The molecule has 8 nitrogen and oxygen atoms in total. The van der Waals surface area contributed by atoms with Crippen molar-refractivity contribution in [1.29, 1.82) is 0 Å². The van der Waals surface area contributed by atoms with E-state index in [-0.39, 0.29) is 11.4 Å². The molecule has 28 heavy (non-hydrogen) atoms. The molecule has 0 atom stereocenters. The molecule has 3 aromatic rings. The predicted molar refractivity (Wildman–Crippen MR) is 110 cm³/mol. The highest BCUT2D eigenvalue weighted by atomic mass is 79.9. The minimum absolute atomic E-state index is 0.0499. The monoisotopic (exact) mass is 439 g/mol. The molecule has 2 N–H and O–H groups in total. The number of carbonyl (C=O) groups is 1. The maximum Gasteiger partial charge on any atom is 0.289 e. The van der Waals surface area contributed by atoms with Crippen molar-refractivity contribution < 1.29 is 9.72 Å². The Balaban J connectivity index is 1.65. The van der Waals surface area contributed by atoms with Gasteiger partial charge in [-0.1, -0.05) is 42.5 Å². The molecule has 1 heterocycles. The molecule has 0 unspecified atom stereocenters. The molecule has 2 aromatic carbocycles. The number of nitro groups is 1. The molecular weight excluding hydrogens is 426 g/mol. The molecule has 0 aliphatic rings. The third-order valence-electron chi connectivity index (χ3n) is 3.63. The van der Waals surface area contributed by atoms with Crippen molar-refractivity contribution in [2.45, 2.75) is 0 Å². The lowest BCUT2D eigenvalue weighted by Crippen LogP contribution is -2.17. The van der Waals surface area contributed by atoms with Crippen LogP contribution >= 0.6 is 15.9 Å². The number of nitrogens with zero attached hydrogens (tertiary/aromatic N) is 3. The van der Waals surface area contributed by atoms with Gasteiger partial charge in [0.2, 0.25) is 0 Å². The molecule has 9 heteroatoms. The number of nitro benzene ring substituents is 1. The Morgan fingerprint density at radius 2 is 1.96 bits per heavy atom. The van der Waals surface area contributed by atoms with Gasteiger partial charge in [0, 0.05) is 22.2 Å². The second kappa shape index (κ2) is 8.87. The topological polar surface area (TPSA) is 113 Å². The Labute approximate surface area is 168 Å². The molecular formula is C19H14BrN5O3. The fourth-order valence-corrected chi connectivity index (χ4v) is 2.69. The van der Waals surface area contributed by atoms with Crippen LogP contribution in [0.4, 0.5) is 5.69 Å². The molecule has 0 saturated carbocycles. The Hall–Kier alpha value is -3.59. The number of aromatic nitrogens is 2. The van der Waals surface area contributed by atoms with Crippen LogP contribution in [0.15, 0.2) is 70.2 Å². The standard InChI is InChI=1S/C19H14BrN5O3/c20-15(9-13-5-2-1-3-6-13)12-21-24-19(26)18-11-17(22-23-18)14-7-4-8-16(10-14)25(27)28/h1-12H,(H,22,23)(H,24,26)/b15-9-,21-12-. The minimum Gasteiger partial charge on any atom is -0.272 e. The number of aromatic amines is 1. The van der Waals surface area contributed by atoms with Crippen molar-refractivity contribution in [2.24, 2.45) is 5.10 Å². The zero-order valence-electron chi connectivity index (χ0n) is 14.4. The number of allylic oxidation sites excluding steroid dienone is 1. The summed E-state index contributed by atoms with van der Waals surface area (Å²) in [5, 5.41) is 21.4. The average molecular weight is 440 g/mol. The normalized spacial score (nSPS) is 11.5. The zero-order valence-corrected chi connectivity index (χ0v) is 16.0. The number of halogens is 1. The van der Waals surface area contributed by atoms with E-state index in [4.69, 9.17) is 0 Å². The summed E-state index contributed by atoms with van der Waals surface area (Å²) in [4.78, 5) is 22.6. The van der Waals surface area contributed by atoms with Crippen molar-refractivity contribution in [3.8, 4) is 11.3 Å². The molecule has 0 saturated heterocycles. The lowest BCUT2D eigenvalue weighted by molar-refractivity contribution is -0.384. The first-order valence-electron chi connectivity index (χ1n) is 8.09. The van der Waals surface area contributed by atoms with E-state index in [1.807, 2.05) is 36.4 Å². The molecule has 0 spiro atoms. The summed E-state index contributed by atoms with van der Waals surface area (Å²) in [7, 11) is 0. The first kappa shape index (κ1) is 19.2. The number of hydrogen-bond acceptors (Lipinski definition) is 5. The van der Waals surface area contributed by atoms with Gasteiger partial charge >= 0.3 is 0 Å². The second-order valence-corrected chi connectivity index (χ2v) is 6.53. The van der Waals surface area contributed by atoms with E-state index in [1.165, 1.54) is 24.4 Å². The molecule has 140 valence electrons. The van der Waals surface area contributed by atoms with E-state index in [1.54, 1.807) is 12.1 Å². The van der Waals surface area contributed by atoms with Gasteiger partial charge in [0.15, 0.2) is 0 Å². The van der Waals surface area contributed by atoms with Gasteiger partial charge in [-0.25, -0.2) is 5.43 Å². The van der Waals surface area contributed by atoms with Gasteiger partial charge in [0.05, 0.1) is 16.8 Å². The summed E-state index contributed by atoms with van der Waals surface area (Å²) in [5.74, 6) is -0.486. The molecule has 0 bridgehead atoms. The molecule has 0 radical (unpaired) electrons. The Morgan fingerprint density at radius 1 is 1.18 bits per heavy atom. The largest absolute Gasteiger partial charge is 0.289 e. The predicted octanol–water partition coefficient (Wildman–Crippen LogP) is 4.14. The van der Waals surface area contributed by atoms with Crippen LogP contribution in [0.5, 0.6) is 0 Å². The third-order valence-corrected chi connectivity index (χ3v) is 4.07. The number of non-ortho nitro benzene ring substituents is 1. The summed E-state index contributed by atoms with van der Waals surface area (Å²) in [6, 6.07) is 17.1. The van der Waals surface area contributed by atoms with Gasteiger partial charge in [-0.05, 0) is 33.6 Å². The molecule has 3 rings (SSSR count). The summed E-state index contributed by atoms with van der Waals surface area (Å²) in [6.07, 6.45) is 3.31. The highest BCUT2D eigenvalue weighted by Gasteiger charge is 2.13. The van der Waals surface area contributed by atoms with Crippen LogP contribution in [-0.4, -0.2) is 27.2 Å². The maximum absolute atomic E-state index is 12.2. The summed E-state index contributed by atoms with van der Waals surface area (Å²) < 4.78 is 0.681. The van der Waals surface area contributed by atoms with Gasteiger partial charge in [-0.3, -0.25) is 20.0 Å². The van der Waals surface area contributed by atoms with E-state index in [9.17, 15) is 14.9 Å². The van der Waals surface area contributed by atoms with Crippen LogP contribution in [-0.2, 0) is 0 Å². The van der Waals surface area contributed by atoms with Crippen LogP contribution in [0, 0.1) is 10.1 Å². The quantitative estimate of drug-likeness (QED) is 0.341. The van der Waals surface area contributed by atoms with Gasteiger partial charge in [0.25, 0.3) is 11.6 Å². The van der Waals surface area contributed by atoms with E-state index >= 15 is 0 Å². The number of nitrogens with one attached hydrogen (secondary N) is 2. The number of carbonyl (C=O) groups excluding carboxylic acids is 1. The Kier molecular flexibility index (Phi) is 6.07. The van der Waals surface area contributed by atoms with Gasteiger partial charge in [-0.15, -0.1) is 0 Å². The smallest absolute Gasteiger partial charge is 0.272 e. The van der Waals surface area contributed by atoms with Crippen LogP contribution in [0.2, 0.25) is 0 Å². The van der Waals surface area contributed by atoms with Gasteiger partial charge in [0.1, 0.15) is 5.69 Å². The highest BCUT2D eigenvalue weighted by molar-refractivity contribution is 9.12. The van der Waals surface area contributed by atoms with Crippen LogP contribution in [0.1, 0.15) is 16.1 Å². The van der Waals surface area contributed by atoms with Gasteiger partial charge < -0.3 is 0 Å². The lowest BCUT2D eigenvalue weighted by atomic mass is 10.1. The first-order chi connectivity index (χ1) is 13.5. The van der Waals surface area contributed by atoms with E-state index in [0.29, 0.717) is 15.7 Å². The number of rotatable bonds is 6. The summed E-state index contributed by atoms with van der Waals surface area (Å²) in [5.41, 5.74) is 4.46. The van der Waals surface area contributed by atoms with Crippen LogP contribution < -0.4 is 5.43 Å². The average Bonchev–Trinajstić information content (AvgIpc) is 3.19. The summed E-state index contributed by atoms with van der Waals surface area (Å²) >= 11 is 3.36. The Morgan fingerprint density at radius 3 is 2.71 bits per heavy atom. The van der Waals surface area contributed by atoms with Crippen molar-refractivity contribution in [1.82, 2.24) is 15.6 Å². The fraction of sp³-hybridized carbons (Fsp3) is 0. The van der Waals surface area contributed by atoms with Crippen LogP contribution in [0.25, 0.3) is 17.3 Å². The van der Waals surface area contributed by atoms with Crippen LogP contribution in [0.3, 0.4) is 0 Å². The number of benzene rings is 2.